The molecule has 1 aromatic heterocycles. The normalized spacial score (nSPS) is 10.4. The summed E-state index contributed by atoms with van der Waals surface area (Å²) in [5.74, 6) is 1.48. The lowest BCUT2D eigenvalue weighted by Gasteiger charge is -2.10. The van der Waals surface area contributed by atoms with Gasteiger partial charge in [0.15, 0.2) is 5.13 Å². The van der Waals surface area contributed by atoms with Crippen molar-refractivity contribution in [2.75, 3.05) is 19.5 Å². The van der Waals surface area contributed by atoms with Gasteiger partial charge in [-0.3, -0.25) is 0 Å². The number of thiazole rings is 1. The maximum absolute atomic E-state index is 5.92. The molecular weight excluding hydrogens is 332 g/mol. The summed E-state index contributed by atoms with van der Waals surface area (Å²) in [5.41, 5.74) is 2.73. The molecular formula is C17H15ClN2O2S. The third-order valence-corrected chi connectivity index (χ3v) is 4.30. The van der Waals surface area contributed by atoms with Crippen LogP contribution in [0.5, 0.6) is 11.5 Å². The van der Waals surface area contributed by atoms with Crippen molar-refractivity contribution in [3.05, 3.63) is 52.9 Å². The van der Waals surface area contributed by atoms with Crippen LogP contribution in [0.15, 0.2) is 47.8 Å². The van der Waals surface area contributed by atoms with Crippen LogP contribution in [0.4, 0.5) is 10.8 Å². The fraction of sp³-hybridized carbons (Fsp3) is 0.118. The molecule has 4 nitrogen and oxygen atoms in total. The van der Waals surface area contributed by atoms with Crippen molar-refractivity contribution in [3.8, 4) is 22.8 Å². The summed E-state index contributed by atoms with van der Waals surface area (Å²) in [5, 5.41) is 6.76. The van der Waals surface area contributed by atoms with E-state index in [2.05, 4.69) is 10.3 Å². The van der Waals surface area contributed by atoms with E-state index in [0.717, 1.165) is 33.6 Å². The number of nitrogens with one attached hydrogen (secondary N) is 1. The predicted octanol–water partition coefficient (Wildman–Crippen LogP) is 5.22. The molecule has 0 aliphatic heterocycles. The summed E-state index contributed by atoms with van der Waals surface area (Å²) in [6.07, 6.45) is 0. The highest BCUT2D eigenvalue weighted by Crippen LogP contribution is 2.34. The van der Waals surface area contributed by atoms with Crippen molar-refractivity contribution in [2.45, 2.75) is 0 Å². The predicted molar refractivity (Wildman–Crippen MR) is 95.4 cm³/mol. The number of nitrogens with zero attached hydrogens (tertiary/aromatic N) is 1. The summed E-state index contributed by atoms with van der Waals surface area (Å²) in [4.78, 5) is 4.60. The van der Waals surface area contributed by atoms with Gasteiger partial charge in [0, 0.05) is 22.0 Å². The fourth-order valence-corrected chi connectivity index (χ4v) is 2.97. The molecule has 3 aromatic rings. The summed E-state index contributed by atoms with van der Waals surface area (Å²) in [6, 6.07) is 13.2. The van der Waals surface area contributed by atoms with Crippen molar-refractivity contribution >= 4 is 33.8 Å². The molecule has 2 aromatic carbocycles. The highest BCUT2D eigenvalue weighted by Gasteiger charge is 2.09. The number of hydrogen-bond acceptors (Lipinski definition) is 5. The Kier molecular flexibility index (Phi) is 4.69. The van der Waals surface area contributed by atoms with Crippen molar-refractivity contribution in [1.29, 1.82) is 0 Å². The summed E-state index contributed by atoms with van der Waals surface area (Å²) < 4.78 is 10.6. The Morgan fingerprint density at radius 1 is 1.04 bits per heavy atom. The first-order valence-corrected chi connectivity index (χ1v) is 8.16. The molecule has 118 valence electrons. The van der Waals surface area contributed by atoms with Crippen LogP contribution in [0, 0.1) is 0 Å². The van der Waals surface area contributed by atoms with Gasteiger partial charge in [0.1, 0.15) is 11.5 Å². The van der Waals surface area contributed by atoms with Crippen molar-refractivity contribution in [3.63, 3.8) is 0 Å². The summed E-state index contributed by atoms with van der Waals surface area (Å²) >= 11 is 7.44. The fourth-order valence-electron chi connectivity index (χ4n) is 2.11. The first-order valence-electron chi connectivity index (χ1n) is 6.90. The third-order valence-electron chi connectivity index (χ3n) is 3.29. The maximum Gasteiger partial charge on any atom is 0.187 e. The number of methoxy groups -OCH3 is 2. The lowest BCUT2D eigenvalue weighted by atomic mass is 10.2. The minimum atomic E-state index is 0.712. The molecule has 3 rings (SSSR count). The van der Waals surface area contributed by atoms with Crippen LogP contribution >= 0.6 is 22.9 Å². The van der Waals surface area contributed by atoms with E-state index in [-0.39, 0.29) is 0 Å². The van der Waals surface area contributed by atoms with Crippen LogP contribution in [0.1, 0.15) is 0 Å². The number of halogens is 1. The molecule has 0 spiro atoms. The Morgan fingerprint density at radius 2 is 1.83 bits per heavy atom. The molecule has 0 fully saturated rings. The topological polar surface area (TPSA) is 43.4 Å². The highest BCUT2D eigenvalue weighted by molar-refractivity contribution is 7.14. The molecule has 1 heterocycles. The second-order valence-electron chi connectivity index (χ2n) is 4.74. The van der Waals surface area contributed by atoms with Gasteiger partial charge in [-0.15, -0.1) is 11.3 Å². The molecule has 0 saturated heterocycles. The molecule has 23 heavy (non-hydrogen) atoms. The number of aromatic nitrogens is 1. The van der Waals surface area contributed by atoms with Gasteiger partial charge in [-0.25, -0.2) is 4.98 Å². The van der Waals surface area contributed by atoms with E-state index < -0.39 is 0 Å². The molecule has 0 saturated carbocycles. The Morgan fingerprint density at radius 3 is 2.52 bits per heavy atom. The van der Waals surface area contributed by atoms with E-state index in [1.54, 1.807) is 14.2 Å². The van der Waals surface area contributed by atoms with Gasteiger partial charge < -0.3 is 14.8 Å². The average Bonchev–Trinajstić information content (AvgIpc) is 3.04. The minimum Gasteiger partial charge on any atom is -0.497 e. The molecule has 0 aliphatic rings. The zero-order valence-electron chi connectivity index (χ0n) is 12.7. The minimum absolute atomic E-state index is 0.712. The van der Waals surface area contributed by atoms with Crippen molar-refractivity contribution in [2.24, 2.45) is 0 Å². The molecule has 0 atom stereocenters. The van der Waals surface area contributed by atoms with Crippen LogP contribution < -0.4 is 14.8 Å². The van der Waals surface area contributed by atoms with Gasteiger partial charge in [-0.2, -0.15) is 0 Å². The molecule has 0 amide bonds. The van der Waals surface area contributed by atoms with Gasteiger partial charge in [0.25, 0.3) is 0 Å². The molecule has 0 unspecified atom stereocenters. The smallest absolute Gasteiger partial charge is 0.187 e. The van der Waals surface area contributed by atoms with Gasteiger partial charge in [-0.05, 0) is 24.3 Å². The van der Waals surface area contributed by atoms with Crippen LogP contribution in [-0.4, -0.2) is 19.2 Å². The third kappa shape index (κ3) is 3.57. The number of hydrogen-bond donors (Lipinski definition) is 1. The number of anilines is 2. The van der Waals surface area contributed by atoms with Crippen molar-refractivity contribution < 1.29 is 9.47 Å². The molecule has 0 aliphatic carbocycles. The second kappa shape index (κ2) is 6.89. The maximum atomic E-state index is 5.92. The lowest BCUT2D eigenvalue weighted by Crippen LogP contribution is -1.95. The highest BCUT2D eigenvalue weighted by atomic mass is 35.5. The second-order valence-corrected chi connectivity index (χ2v) is 6.03. The Hall–Kier alpha value is -2.24. The largest absolute Gasteiger partial charge is 0.497 e. The molecule has 0 bridgehead atoms. The molecule has 1 N–H and O–H groups in total. The van der Waals surface area contributed by atoms with Gasteiger partial charge >= 0.3 is 0 Å². The average molecular weight is 347 g/mol. The monoisotopic (exact) mass is 346 g/mol. The van der Waals surface area contributed by atoms with Crippen molar-refractivity contribution in [1.82, 2.24) is 4.98 Å². The standard InChI is InChI=1S/C17H15ClN2O2S/c1-21-13-7-8-16(22-2)14(9-13)19-17-20-15(10-23-17)11-3-5-12(18)6-4-11/h3-10H,1-2H3,(H,19,20). The van der Waals surface area contributed by atoms with E-state index in [1.807, 2.05) is 47.8 Å². The SMILES string of the molecule is COc1ccc(OC)c(Nc2nc(-c3ccc(Cl)cc3)cs2)c1. The Bertz CT molecular complexity index is 803. The Balaban J connectivity index is 1.85. The van der Waals surface area contributed by atoms with E-state index >= 15 is 0 Å². The summed E-state index contributed by atoms with van der Waals surface area (Å²) in [7, 11) is 3.27. The van der Waals surface area contributed by atoms with Crippen LogP contribution in [0.3, 0.4) is 0 Å². The van der Waals surface area contributed by atoms with Crippen LogP contribution in [-0.2, 0) is 0 Å². The zero-order valence-corrected chi connectivity index (χ0v) is 14.2. The summed E-state index contributed by atoms with van der Waals surface area (Å²) in [6.45, 7) is 0. The van der Waals surface area contributed by atoms with Gasteiger partial charge in [0.05, 0.1) is 25.6 Å². The van der Waals surface area contributed by atoms with E-state index in [4.69, 9.17) is 21.1 Å². The number of rotatable bonds is 5. The van der Waals surface area contributed by atoms with Crippen LogP contribution in [0.2, 0.25) is 5.02 Å². The van der Waals surface area contributed by atoms with Gasteiger partial charge in [0.2, 0.25) is 0 Å². The molecule has 6 heteroatoms. The number of benzene rings is 2. The zero-order chi connectivity index (χ0) is 16.2. The first-order chi connectivity index (χ1) is 11.2. The van der Waals surface area contributed by atoms with E-state index in [1.165, 1.54) is 11.3 Å². The lowest BCUT2D eigenvalue weighted by molar-refractivity contribution is 0.405. The van der Waals surface area contributed by atoms with E-state index in [9.17, 15) is 0 Å². The quantitative estimate of drug-likeness (QED) is 0.687. The van der Waals surface area contributed by atoms with E-state index in [0.29, 0.717) is 5.02 Å². The number of ether oxygens (including phenoxy) is 2. The van der Waals surface area contributed by atoms with Crippen LogP contribution in [0.25, 0.3) is 11.3 Å². The molecule has 0 radical (unpaired) electrons. The Labute approximate surface area is 143 Å². The first kappa shape index (κ1) is 15.6. The van der Waals surface area contributed by atoms with Gasteiger partial charge in [-0.1, -0.05) is 23.7 Å².